The van der Waals surface area contributed by atoms with Gasteiger partial charge < -0.3 is 31.1 Å². The van der Waals surface area contributed by atoms with Crippen molar-refractivity contribution >= 4 is 29.3 Å². The van der Waals surface area contributed by atoms with Crippen LogP contribution in [-0.2, 0) is 33.6 Å². The average molecular weight is 725 g/mol. The van der Waals surface area contributed by atoms with Crippen LogP contribution in [0.1, 0.15) is 53.0 Å². The molecule has 0 unspecified atom stereocenters. The molecule has 3 amide bonds. The van der Waals surface area contributed by atoms with Gasteiger partial charge in [0.05, 0.1) is 12.7 Å². The van der Waals surface area contributed by atoms with Gasteiger partial charge in [0.2, 0.25) is 11.8 Å². The third-order valence-corrected chi connectivity index (χ3v) is 9.93. The number of carbonyl (C=O) groups excluding carboxylic acids is 2. The molecule has 54 heavy (non-hydrogen) atoms. The molecule has 0 aromatic heterocycles. The largest absolute Gasteiger partial charge is 0.465 e. The smallest absolute Gasteiger partial charge is 0.405 e. The Labute approximate surface area is 317 Å². The van der Waals surface area contributed by atoms with Crippen molar-refractivity contribution in [3.8, 4) is 0 Å². The number of hydrogen-bond acceptors (Lipinski definition) is 5. The van der Waals surface area contributed by atoms with Crippen LogP contribution >= 0.6 is 0 Å². The van der Waals surface area contributed by atoms with Gasteiger partial charge in [-0.05, 0) is 72.1 Å². The van der Waals surface area contributed by atoms with Crippen LogP contribution in [0.3, 0.4) is 0 Å². The van der Waals surface area contributed by atoms with Gasteiger partial charge >= 0.3 is 6.09 Å². The van der Waals surface area contributed by atoms with Gasteiger partial charge in [0, 0.05) is 36.3 Å². The number of para-hydroxylation sites is 2. The number of carbonyl (C=O) groups is 3. The molecular formula is C45H48N4O5. The van der Waals surface area contributed by atoms with E-state index in [9.17, 15) is 19.5 Å². The number of ether oxygens (including phenoxy) is 1. The van der Waals surface area contributed by atoms with Gasteiger partial charge in [-0.3, -0.25) is 9.59 Å². The number of rotatable bonds is 16. The lowest BCUT2D eigenvalue weighted by atomic mass is 9.84. The highest BCUT2D eigenvalue weighted by molar-refractivity contribution is 5.98. The van der Waals surface area contributed by atoms with Crippen LogP contribution in [0.4, 0.5) is 16.2 Å². The van der Waals surface area contributed by atoms with Gasteiger partial charge in [-0.25, -0.2) is 4.79 Å². The molecule has 5 aromatic carbocycles. The van der Waals surface area contributed by atoms with Crippen molar-refractivity contribution in [2.75, 3.05) is 23.8 Å². The van der Waals surface area contributed by atoms with Gasteiger partial charge in [0.25, 0.3) is 0 Å². The van der Waals surface area contributed by atoms with Crippen LogP contribution in [0.2, 0.25) is 0 Å². The Morgan fingerprint density at radius 2 is 1.20 bits per heavy atom. The first kappa shape index (κ1) is 38.0. The van der Waals surface area contributed by atoms with E-state index in [0.717, 1.165) is 52.8 Å². The van der Waals surface area contributed by atoms with E-state index in [1.807, 2.05) is 133 Å². The summed E-state index contributed by atoms with van der Waals surface area (Å²) in [7, 11) is 0. The zero-order valence-corrected chi connectivity index (χ0v) is 30.3. The molecule has 5 N–H and O–H groups in total. The summed E-state index contributed by atoms with van der Waals surface area (Å²) in [5, 5.41) is 22.1. The molecule has 0 radical (unpaired) electrons. The number of aryl methyl sites for hydroxylation is 3. The fraction of sp³-hybridized carbons (Fsp3) is 0.267. The molecule has 9 heteroatoms. The summed E-state index contributed by atoms with van der Waals surface area (Å²) < 4.78 is 6.31. The molecule has 1 fully saturated rings. The summed E-state index contributed by atoms with van der Waals surface area (Å²) in [6, 6.07) is 43.7. The summed E-state index contributed by atoms with van der Waals surface area (Å²) in [4.78, 5) is 38.7. The standard InChI is InChI=1S/C45H48N4O5/c50-41(29-24-32-14-4-1-5-15-32)47-39-22-12-10-16-33(39)25-27-37-31-54-38(30-46-37)28-26-34-17-11-13-23-40(34)48-44(51)43(49-45(52)53)42(35-18-6-2-7-19-35)36-20-8-3-9-21-36/h1-23,37-38,42-43,46,49H,24-31H2,(H,47,50)(H,48,51)(H,52,53)/t37-,38-,43+/m1/s1. The first-order valence-corrected chi connectivity index (χ1v) is 18.7. The molecule has 1 heterocycles. The number of nitrogens with one attached hydrogen (secondary N) is 4. The zero-order valence-electron chi connectivity index (χ0n) is 30.3. The third-order valence-electron chi connectivity index (χ3n) is 9.93. The summed E-state index contributed by atoms with van der Waals surface area (Å²) >= 11 is 0. The molecule has 5 aromatic rings. The van der Waals surface area contributed by atoms with E-state index >= 15 is 0 Å². The predicted molar refractivity (Wildman–Crippen MR) is 213 cm³/mol. The maximum Gasteiger partial charge on any atom is 0.405 e. The van der Waals surface area contributed by atoms with E-state index in [1.54, 1.807) is 0 Å². The maximum absolute atomic E-state index is 14.0. The second-order valence-corrected chi connectivity index (χ2v) is 13.7. The van der Waals surface area contributed by atoms with Crippen LogP contribution < -0.4 is 21.3 Å². The summed E-state index contributed by atoms with van der Waals surface area (Å²) in [6.45, 7) is 1.29. The Hall–Kier alpha value is -5.77. The summed E-state index contributed by atoms with van der Waals surface area (Å²) in [6.07, 6.45) is 2.96. The Morgan fingerprint density at radius 3 is 1.78 bits per heavy atom. The average Bonchev–Trinajstić information content (AvgIpc) is 3.20. The van der Waals surface area contributed by atoms with Crippen molar-refractivity contribution in [1.82, 2.24) is 10.6 Å². The lowest BCUT2D eigenvalue weighted by Gasteiger charge is -2.31. The molecule has 1 aliphatic rings. The Kier molecular flexibility index (Phi) is 13.6. The van der Waals surface area contributed by atoms with Crippen molar-refractivity contribution < 1.29 is 24.2 Å². The van der Waals surface area contributed by atoms with Gasteiger partial charge in [-0.2, -0.15) is 0 Å². The van der Waals surface area contributed by atoms with Crippen LogP contribution in [0.15, 0.2) is 140 Å². The van der Waals surface area contributed by atoms with E-state index in [1.165, 1.54) is 0 Å². The molecule has 9 nitrogen and oxygen atoms in total. The number of anilines is 2. The molecular weight excluding hydrogens is 677 g/mol. The number of carboxylic acid groups (broad SMARTS) is 1. The quantitative estimate of drug-likeness (QED) is 0.0714. The second-order valence-electron chi connectivity index (χ2n) is 13.7. The van der Waals surface area contributed by atoms with E-state index < -0.39 is 24.0 Å². The molecule has 0 spiro atoms. The topological polar surface area (TPSA) is 129 Å². The fourth-order valence-corrected chi connectivity index (χ4v) is 7.06. The first-order chi connectivity index (χ1) is 26.4. The highest BCUT2D eigenvalue weighted by Gasteiger charge is 2.33. The SMILES string of the molecule is O=C(O)N[C@H](C(=O)Nc1ccccc1CC[C@@H]1CN[C@H](CCc2ccccc2NC(=O)CCc2ccccc2)CO1)C(c1ccccc1)c1ccccc1. The van der Waals surface area contributed by atoms with Crippen LogP contribution in [0.5, 0.6) is 0 Å². The lowest BCUT2D eigenvalue weighted by Crippen LogP contribution is -2.47. The monoisotopic (exact) mass is 724 g/mol. The Balaban J connectivity index is 1.01. The highest BCUT2D eigenvalue weighted by Crippen LogP contribution is 2.30. The predicted octanol–water partition coefficient (Wildman–Crippen LogP) is 7.59. The number of hydrogen-bond donors (Lipinski definition) is 5. The summed E-state index contributed by atoms with van der Waals surface area (Å²) in [5.74, 6) is -0.966. The minimum absolute atomic E-state index is 0.00293. The van der Waals surface area contributed by atoms with Gasteiger partial charge in [0.1, 0.15) is 6.04 Å². The van der Waals surface area contributed by atoms with Gasteiger partial charge in [-0.1, -0.05) is 127 Å². The van der Waals surface area contributed by atoms with Crippen molar-refractivity contribution in [3.05, 3.63) is 167 Å². The molecule has 278 valence electrons. The van der Waals surface area contributed by atoms with E-state index in [4.69, 9.17) is 4.74 Å². The first-order valence-electron chi connectivity index (χ1n) is 18.7. The second kappa shape index (κ2) is 19.3. The molecule has 1 saturated heterocycles. The van der Waals surface area contributed by atoms with Crippen LogP contribution in [-0.4, -0.2) is 54.4 Å². The number of benzene rings is 5. The van der Waals surface area contributed by atoms with Crippen LogP contribution in [0, 0.1) is 0 Å². The fourth-order valence-electron chi connectivity index (χ4n) is 7.06. The minimum atomic E-state index is -1.27. The molecule has 6 rings (SSSR count). The Morgan fingerprint density at radius 1 is 0.667 bits per heavy atom. The van der Waals surface area contributed by atoms with E-state index in [-0.39, 0.29) is 18.1 Å². The maximum atomic E-state index is 14.0. The van der Waals surface area contributed by atoms with Crippen molar-refractivity contribution in [3.63, 3.8) is 0 Å². The molecule has 0 bridgehead atoms. The summed E-state index contributed by atoms with van der Waals surface area (Å²) in [5.41, 5.74) is 6.36. The molecule has 0 saturated carbocycles. The van der Waals surface area contributed by atoms with Gasteiger partial charge in [-0.15, -0.1) is 0 Å². The van der Waals surface area contributed by atoms with Crippen molar-refractivity contribution in [2.24, 2.45) is 0 Å². The zero-order chi connectivity index (χ0) is 37.5. The van der Waals surface area contributed by atoms with Crippen LogP contribution in [0.25, 0.3) is 0 Å². The van der Waals surface area contributed by atoms with Gasteiger partial charge in [0.15, 0.2) is 0 Å². The molecule has 1 aliphatic heterocycles. The van der Waals surface area contributed by atoms with Crippen molar-refractivity contribution in [1.29, 1.82) is 0 Å². The molecule has 0 aliphatic carbocycles. The van der Waals surface area contributed by atoms with Crippen molar-refractivity contribution in [2.45, 2.75) is 62.6 Å². The lowest BCUT2D eigenvalue weighted by molar-refractivity contribution is -0.118. The number of amides is 3. The minimum Gasteiger partial charge on any atom is -0.465 e. The Bertz CT molecular complexity index is 1910. The highest BCUT2D eigenvalue weighted by atomic mass is 16.5. The number of morpholine rings is 1. The third kappa shape index (κ3) is 10.9. The van der Waals surface area contributed by atoms with E-state index in [2.05, 4.69) is 27.3 Å². The molecule has 3 atom stereocenters. The normalized spacial score (nSPS) is 15.9. The van der Waals surface area contributed by atoms with E-state index in [0.29, 0.717) is 38.1 Å².